The van der Waals surface area contributed by atoms with Crippen molar-refractivity contribution in [3.63, 3.8) is 0 Å². The number of nitrogens with zero attached hydrogens (tertiary/aromatic N) is 1. The first kappa shape index (κ1) is 20.5. The molecule has 1 saturated heterocycles. The predicted octanol–water partition coefficient (Wildman–Crippen LogP) is 0.852. The smallest absolute Gasteiger partial charge is 0.243 e. The van der Waals surface area contributed by atoms with Crippen LogP contribution in [0, 0.1) is 5.92 Å². The van der Waals surface area contributed by atoms with Crippen LogP contribution in [0.4, 0.5) is 0 Å². The minimum Gasteiger partial charge on any atom is -0.383 e. The quantitative estimate of drug-likeness (QED) is 0.624. The summed E-state index contributed by atoms with van der Waals surface area (Å²) >= 11 is 1.67. The third-order valence-electron chi connectivity index (χ3n) is 4.26. The van der Waals surface area contributed by atoms with Gasteiger partial charge in [-0.1, -0.05) is 12.8 Å². The van der Waals surface area contributed by atoms with Crippen molar-refractivity contribution >= 4 is 36.0 Å². The van der Waals surface area contributed by atoms with Crippen molar-refractivity contribution in [3.8, 4) is 0 Å². The molecule has 1 atom stereocenters. The molecule has 0 bridgehead atoms. The van der Waals surface area contributed by atoms with E-state index in [0.29, 0.717) is 31.3 Å². The molecule has 2 N–H and O–H groups in total. The van der Waals surface area contributed by atoms with Crippen LogP contribution in [0.3, 0.4) is 0 Å². The minimum absolute atomic E-state index is 0. The Bertz CT molecular complexity index is 381. The summed E-state index contributed by atoms with van der Waals surface area (Å²) in [6.07, 6.45) is 4.25. The van der Waals surface area contributed by atoms with E-state index >= 15 is 0 Å². The third-order valence-corrected chi connectivity index (χ3v) is 5.27. The van der Waals surface area contributed by atoms with Gasteiger partial charge in [-0.25, -0.2) is 0 Å². The molecule has 0 aromatic carbocycles. The fraction of sp³-hybridized carbons (Fsp3) is 0.867. The Morgan fingerprint density at radius 3 is 2.65 bits per heavy atom. The highest BCUT2D eigenvalue weighted by molar-refractivity contribution is 7.99. The maximum Gasteiger partial charge on any atom is 0.243 e. The molecule has 6 nitrogen and oxygen atoms in total. The normalized spacial score (nSPS) is 21.3. The molecule has 2 aliphatic rings. The van der Waals surface area contributed by atoms with Crippen molar-refractivity contribution < 1.29 is 14.3 Å². The van der Waals surface area contributed by atoms with E-state index in [-0.39, 0.29) is 36.2 Å². The molecule has 0 aromatic heterocycles. The van der Waals surface area contributed by atoms with Crippen LogP contribution in [0.2, 0.25) is 0 Å². The average molecular weight is 366 g/mol. The van der Waals surface area contributed by atoms with Crippen LogP contribution < -0.4 is 10.6 Å². The Balaban J connectivity index is 0.00000264. The predicted molar refractivity (Wildman–Crippen MR) is 94.9 cm³/mol. The zero-order valence-corrected chi connectivity index (χ0v) is 15.3. The van der Waals surface area contributed by atoms with Gasteiger partial charge in [-0.05, 0) is 12.8 Å². The lowest BCUT2D eigenvalue weighted by atomic mass is 10.1. The molecule has 23 heavy (non-hydrogen) atoms. The molecule has 1 saturated carbocycles. The maximum absolute atomic E-state index is 12.5. The summed E-state index contributed by atoms with van der Waals surface area (Å²) in [7, 11) is 1.66. The Morgan fingerprint density at radius 1 is 1.22 bits per heavy atom. The second kappa shape index (κ2) is 11.1. The lowest BCUT2D eigenvalue weighted by Crippen LogP contribution is -2.49. The van der Waals surface area contributed by atoms with E-state index in [1.807, 2.05) is 0 Å². The van der Waals surface area contributed by atoms with Gasteiger partial charge in [0.05, 0.1) is 12.5 Å². The Kier molecular flexibility index (Phi) is 9.94. The van der Waals surface area contributed by atoms with Gasteiger partial charge in [-0.3, -0.25) is 9.59 Å². The first-order valence-electron chi connectivity index (χ1n) is 8.09. The summed E-state index contributed by atoms with van der Waals surface area (Å²) in [5, 5.41) is 6.11. The van der Waals surface area contributed by atoms with Gasteiger partial charge in [0.15, 0.2) is 0 Å². The van der Waals surface area contributed by atoms with Crippen molar-refractivity contribution in [3.05, 3.63) is 0 Å². The highest BCUT2D eigenvalue weighted by atomic mass is 35.5. The molecule has 0 spiro atoms. The molecule has 2 rings (SSSR count). The molecule has 1 aliphatic carbocycles. The van der Waals surface area contributed by atoms with E-state index in [1.165, 1.54) is 0 Å². The van der Waals surface area contributed by atoms with E-state index in [2.05, 4.69) is 10.6 Å². The number of nitrogens with one attached hydrogen (secondary N) is 2. The maximum atomic E-state index is 12.5. The van der Waals surface area contributed by atoms with E-state index in [0.717, 1.165) is 32.2 Å². The van der Waals surface area contributed by atoms with Crippen molar-refractivity contribution in [1.29, 1.82) is 0 Å². The Morgan fingerprint density at radius 2 is 1.96 bits per heavy atom. The van der Waals surface area contributed by atoms with Crippen molar-refractivity contribution in [2.24, 2.45) is 5.92 Å². The third kappa shape index (κ3) is 6.14. The fourth-order valence-electron chi connectivity index (χ4n) is 2.98. The summed E-state index contributed by atoms with van der Waals surface area (Å²) in [5.41, 5.74) is 0. The number of rotatable bonds is 8. The van der Waals surface area contributed by atoms with E-state index in [4.69, 9.17) is 4.74 Å². The molecule has 1 unspecified atom stereocenters. The highest BCUT2D eigenvalue weighted by Crippen LogP contribution is 2.30. The van der Waals surface area contributed by atoms with Crippen LogP contribution in [0.5, 0.6) is 0 Å². The van der Waals surface area contributed by atoms with E-state index in [9.17, 15) is 9.59 Å². The van der Waals surface area contributed by atoms with Crippen molar-refractivity contribution in [2.45, 2.75) is 31.7 Å². The van der Waals surface area contributed by atoms with Crippen molar-refractivity contribution in [2.75, 3.05) is 45.0 Å². The molecule has 2 fully saturated rings. The van der Waals surface area contributed by atoms with Gasteiger partial charge in [-0.15, -0.1) is 24.2 Å². The largest absolute Gasteiger partial charge is 0.383 e. The summed E-state index contributed by atoms with van der Waals surface area (Å²) in [6, 6.07) is -0.294. The highest BCUT2D eigenvalue weighted by Gasteiger charge is 2.38. The lowest BCUT2D eigenvalue weighted by Gasteiger charge is -2.25. The van der Waals surface area contributed by atoms with E-state index < -0.39 is 0 Å². The number of carbonyl (C=O) groups excluding carboxylic acids is 2. The molecule has 1 heterocycles. The zero-order valence-electron chi connectivity index (χ0n) is 13.7. The number of carbonyl (C=O) groups is 2. The average Bonchev–Trinajstić information content (AvgIpc) is 3.21. The molecule has 2 amide bonds. The number of ether oxygens (including phenoxy) is 1. The molecule has 134 valence electrons. The summed E-state index contributed by atoms with van der Waals surface area (Å²) in [4.78, 5) is 26.6. The van der Waals surface area contributed by atoms with Crippen LogP contribution in [0.15, 0.2) is 0 Å². The monoisotopic (exact) mass is 365 g/mol. The molecule has 0 aromatic rings. The molecular weight excluding hydrogens is 338 g/mol. The van der Waals surface area contributed by atoms with E-state index in [1.54, 1.807) is 23.8 Å². The van der Waals surface area contributed by atoms with Gasteiger partial charge in [0, 0.05) is 38.4 Å². The van der Waals surface area contributed by atoms with Gasteiger partial charge in [0.25, 0.3) is 0 Å². The van der Waals surface area contributed by atoms with Gasteiger partial charge in [0.2, 0.25) is 11.8 Å². The van der Waals surface area contributed by atoms with Crippen LogP contribution in [0.1, 0.15) is 25.7 Å². The summed E-state index contributed by atoms with van der Waals surface area (Å²) in [5.74, 6) is 1.66. The van der Waals surface area contributed by atoms with Crippen molar-refractivity contribution in [1.82, 2.24) is 15.5 Å². The lowest BCUT2D eigenvalue weighted by molar-refractivity contribution is -0.141. The topological polar surface area (TPSA) is 70.7 Å². The SMILES string of the molecule is COCCNCCNC(=O)C1CSCN1C(=O)C1CCCC1.Cl. The molecule has 0 radical (unpaired) electrons. The first-order valence-corrected chi connectivity index (χ1v) is 9.25. The van der Waals surface area contributed by atoms with Crippen LogP contribution in [0.25, 0.3) is 0 Å². The van der Waals surface area contributed by atoms with Gasteiger partial charge >= 0.3 is 0 Å². The Labute approximate surface area is 148 Å². The fourth-order valence-corrected chi connectivity index (χ4v) is 4.14. The van der Waals surface area contributed by atoms with Crippen LogP contribution in [-0.2, 0) is 14.3 Å². The number of hydrogen-bond acceptors (Lipinski definition) is 5. The molecule has 8 heteroatoms. The first-order chi connectivity index (χ1) is 10.7. The molecule has 1 aliphatic heterocycles. The number of methoxy groups -OCH3 is 1. The molecular formula is C15H28ClN3O3S. The number of thioether (sulfide) groups is 1. The summed E-state index contributed by atoms with van der Waals surface area (Å²) < 4.78 is 4.94. The zero-order chi connectivity index (χ0) is 15.8. The summed E-state index contributed by atoms with van der Waals surface area (Å²) in [6.45, 7) is 2.73. The second-order valence-electron chi connectivity index (χ2n) is 5.84. The van der Waals surface area contributed by atoms with Gasteiger partial charge in [0.1, 0.15) is 6.04 Å². The standard InChI is InChI=1S/C15H27N3O3S.ClH/c1-21-9-8-16-6-7-17-14(19)13-10-22-11-18(13)15(20)12-4-2-3-5-12;/h12-13,16H,2-11H2,1H3,(H,17,19);1H. The Hall–Kier alpha value is -0.500. The minimum atomic E-state index is -0.294. The number of hydrogen-bond donors (Lipinski definition) is 2. The van der Waals surface area contributed by atoms with Crippen LogP contribution >= 0.6 is 24.2 Å². The van der Waals surface area contributed by atoms with Crippen LogP contribution in [-0.4, -0.2) is 67.7 Å². The van der Waals surface area contributed by atoms with Gasteiger partial charge in [-0.2, -0.15) is 0 Å². The van der Waals surface area contributed by atoms with Gasteiger partial charge < -0.3 is 20.3 Å². The second-order valence-corrected chi connectivity index (χ2v) is 6.84. The number of halogens is 1. The number of amides is 2.